The van der Waals surface area contributed by atoms with Crippen LogP contribution in [0.1, 0.15) is 56.7 Å². The van der Waals surface area contributed by atoms with Crippen LogP contribution in [0.4, 0.5) is 0 Å². The Morgan fingerprint density at radius 2 is 1.81 bits per heavy atom. The molecule has 1 saturated carbocycles. The normalized spacial score (nSPS) is 18.3. The first-order valence-electron chi connectivity index (χ1n) is 12.4. The number of pyridine rings is 1. The van der Waals surface area contributed by atoms with Crippen LogP contribution in [0.15, 0.2) is 65.7 Å². The van der Waals surface area contributed by atoms with Crippen molar-refractivity contribution >= 4 is 11.8 Å². The van der Waals surface area contributed by atoms with Crippen molar-refractivity contribution in [2.45, 2.75) is 45.3 Å². The summed E-state index contributed by atoms with van der Waals surface area (Å²) in [5.74, 6) is 0.463. The molecule has 7 nitrogen and oxygen atoms in total. The summed E-state index contributed by atoms with van der Waals surface area (Å²) in [4.78, 5) is 41.9. The number of amides is 2. The molecule has 2 heterocycles. The van der Waals surface area contributed by atoms with Gasteiger partial charge in [0.2, 0.25) is 5.43 Å². The number of aryl methyl sites for hydroxylation is 1. The van der Waals surface area contributed by atoms with E-state index in [1.807, 2.05) is 60.4 Å². The van der Waals surface area contributed by atoms with Gasteiger partial charge in [-0.2, -0.15) is 0 Å². The molecule has 2 fully saturated rings. The van der Waals surface area contributed by atoms with Crippen molar-refractivity contribution in [1.29, 1.82) is 0 Å². The number of ether oxygens (including phenoxy) is 1. The predicted octanol–water partition coefficient (Wildman–Crippen LogP) is 3.77. The van der Waals surface area contributed by atoms with Gasteiger partial charge in [0.1, 0.15) is 16.9 Å². The van der Waals surface area contributed by atoms with Gasteiger partial charge in [-0.25, -0.2) is 0 Å². The summed E-state index contributed by atoms with van der Waals surface area (Å²) in [5, 5.41) is 2.85. The van der Waals surface area contributed by atoms with E-state index < -0.39 is 11.3 Å². The summed E-state index contributed by atoms with van der Waals surface area (Å²) in [7, 11) is 1.61. The third kappa shape index (κ3) is 4.91. The number of nitrogens with one attached hydrogen (secondary N) is 1. The summed E-state index contributed by atoms with van der Waals surface area (Å²) in [6.45, 7) is 3.37. The van der Waals surface area contributed by atoms with E-state index in [9.17, 15) is 14.4 Å². The molecule has 36 heavy (non-hydrogen) atoms. The fraction of sp³-hybridized carbons (Fsp3) is 0.345. The van der Waals surface area contributed by atoms with Crippen molar-refractivity contribution in [2.75, 3.05) is 13.7 Å². The van der Waals surface area contributed by atoms with E-state index in [-0.39, 0.29) is 23.1 Å². The van der Waals surface area contributed by atoms with Crippen LogP contribution in [0.3, 0.4) is 0 Å². The lowest BCUT2D eigenvalue weighted by atomic mass is 10.1. The van der Waals surface area contributed by atoms with E-state index in [2.05, 4.69) is 5.32 Å². The van der Waals surface area contributed by atoms with Crippen LogP contribution in [-0.4, -0.2) is 41.0 Å². The molecule has 7 heteroatoms. The topological polar surface area (TPSA) is 80.6 Å². The van der Waals surface area contributed by atoms with Crippen molar-refractivity contribution in [3.8, 4) is 5.75 Å². The Hall–Kier alpha value is -3.87. The van der Waals surface area contributed by atoms with Crippen molar-refractivity contribution in [3.05, 3.63) is 99.0 Å². The number of rotatable bonds is 7. The molecule has 1 aromatic heterocycles. The molecule has 1 N–H and O–H groups in total. The third-order valence-electron chi connectivity index (χ3n) is 7.30. The number of aromatic nitrogens is 1. The highest BCUT2D eigenvalue weighted by molar-refractivity contribution is 5.99. The second-order valence-electron chi connectivity index (χ2n) is 9.90. The van der Waals surface area contributed by atoms with Gasteiger partial charge in [0, 0.05) is 38.1 Å². The van der Waals surface area contributed by atoms with Crippen LogP contribution in [0.2, 0.25) is 0 Å². The Labute approximate surface area is 210 Å². The van der Waals surface area contributed by atoms with Gasteiger partial charge < -0.3 is 19.5 Å². The molecule has 1 aliphatic carbocycles. The summed E-state index contributed by atoms with van der Waals surface area (Å²) in [6, 6.07) is 15.6. The molecule has 186 valence electrons. The first kappa shape index (κ1) is 23.9. The van der Waals surface area contributed by atoms with Gasteiger partial charge in [-0.05, 0) is 55.4 Å². The molecule has 2 bridgehead atoms. The van der Waals surface area contributed by atoms with Crippen molar-refractivity contribution in [1.82, 2.24) is 14.8 Å². The second kappa shape index (κ2) is 10.0. The molecule has 2 atom stereocenters. The fourth-order valence-electron chi connectivity index (χ4n) is 5.33. The van der Waals surface area contributed by atoms with E-state index >= 15 is 0 Å². The lowest BCUT2D eigenvalue weighted by Crippen LogP contribution is -2.41. The third-order valence-corrected chi connectivity index (χ3v) is 7.30. The minimum atomic E-state index is -0.522. The molecule has 0 spiro atoms. The minimum absolute atomic E-state index is 0.0276. The highest BCUT2D eigenvalue weighted by atomic mass is 16.5. The molecule has 3 aromatic rings. The number of hydrogen-bond donors (Lipinski definition) is 1. The summed E-state index contributed by atoms with van der Waals surface area (Å²) >= 11 is 0. The lowest BCUT2D eigenvalue weighted by Gasteiger charge is -2.27. The summed E-state index contributed by atoms with van der Waals surface area (Å²) < 4.78 is 7.08. The van der Waals surface area contributed by atoms with Gasteiger partial charge in [-0.3, -0.25) is 14.4 Å². The molecule has 1 aliphatic heterocycles. The van der Waals surface area contributed by atoms with Gasteiger partial charge in [0.25, 0.3) is 11.8 Å². The molecular weight excluding hydrogens is 454 g/mol. The number of fused-ring (bicyclic) bond motifs is 2. The maximum atomic E-state index is 13.5. The van der Waals surface area contributed by atoms with Crippen molar-refractivity contribution < 1.29 is 14.3 Å². The van der Waals surface area contributed by atoms with E-state index in [1.165, 1.54) is 0 Å². The molecule has 2 aromatic carbocycles. The second-order valence-corrected chi connectivity index (χ2v) is 9.90. The highest BCUT2D eigenvalue weighted by Crippen LogP contribution is 2.37. The van der Waals surface area contributed by atoms with E-state index in [0.717, 1.165) is 36.0 Å². The molecule has 5 rings (SSSR count). The number of hydrogen-bond acceptors (Lipinski definition) is 4. The quantitative estimate of drug-likeness (QED) is 0.553. The van der Waals surface area contributed by atoms with Crippen LogP contribution >= 0.6 is 0 Å². The zero-order chi connectivity index (χ0) is 25.2. The number of nitrogens with zero attached hydrogens (tertiary/aromatic N) is 2. The number of carbonyl (C=O) groups excluding carboxylic acids is 2. The van der Waals surface area contributed by atoms with E-state index in [0.29, 0.717) is 31.3 Å². The zero-order valence-corrected chi connectivity index (χ0v) is 20.7. The average Bonchev–Trinajstić information content (AvgIpc) is 3.53. The Balaban J connectivity index is 1.46. The first-order valence-corrected chi connectivity index (χ1v) is 12.4. The smallest absolute Gasteiger partial charge is 0.259 e. The van der Waals surface area contributed by atoms with E-state index in [1.54, 1.807) is 24.1 Å². The van der Waals surface area contributed by atoms with Gasteiger partial charge in [0.15, 0.2) is 0 Å². The van der Waals surface area contributed by atoms with Gasteiger partial charge in [-0.15, -0.1) is 0 Å². The summed E-state index contributed by atoms with van der Waals surface area (Å²) in [6.07, 6.45) is 6.24. The molecule has 0 radical (unpaired) electrons. The SMILES string of the molecule is COc1cccc(Cn2cc(C(=O)NCc3ccc(C)cc3)c(=O)c(C(=O)N3C[C@@H]4CC[C@H]3C4)c2)c1. The molecule has 2 amide bonds. The van der Waals surface area contributed by atoms with Crippen molar-refractivity contribution in [3.63, 3.8) is 0 Å². The van der Waals surface area contributed by atoms with Crippen LogP contribution in [0, 0.1) is 12.8 Å². The Kier molecular flexibility index (Phi) is 6.63. The van der Waals surface area contributed by atoms with Gasteiger partial charge in [-0.1, -0.05) is 42.0 Å². The fourth-order valence-corrected chi connectivity index (χ4v) is 5.33. The van der Waals surface area contributed by atoms with Crippen LogP contribution in [0.25, 0.3) is 0 Å². The molecule has 2 aliphatic rings. The number of benzene rings is 2. The van der Waals surface area contributed by atoms with Crippen LogP contribution in [0.5, 0.6) is 5.75 Å². The Morgan fingerprint density at radius 1 is 1.03 bits per heavy atom. The standard InChI is InChI=1S/C29H31N3O4/c1-19-6-8-20(9-7-19)14-30-28(34)25-17-31(15-21-4-3-5-24(13-21)36-2)18-26(27(25)33)29(35)32-16-22-10-11-23(32)12-22/h3-9,13,17-18,22-23H,10-12,14-16H2,1-2H3,(H,30,34)/t22-,23+/m1/s1. The number of likely N-dealkylation sites (tertiary alicyclic amines) is 1. The Bertz CT molecular complexity index is 1350. The number of carbonyl (C=O) groups is 2. The molecule has 1 saturated heterocycles. The minimum Gasteiger partial charge on any atom is -0.497 e. The van der Waals surface area contributed by atoms with E-state index in [4.69, 9.17) is 4.74 Å². The average molecular weight is 486 g/mol. The molecule has 0 unspecified atom stereocenters. The highest BCUT2D eigenvalue weighted by Gasteiger charge is 2.41. The zero-order valence-electron chi connectivity index (χ0n) is 20.7. The van der Waals surface area contributed by atoms with Crippen LogP contribution < -0.4 is 15.5 Å². The maximum absolute atomic E-state index is 13.5. The number of methoxy groups -OCH3 is 1. The monoisotopic (exact) mass is 485 g/mol. The lowest BCUT2D eigenvalue weighted by molar-refractivity contribution is 0.0701. The predicted molar refractivity (Wildman–Crippen MR) is 137 cm³/mol. The summed E-state index contributed by atoms with van der Waals surface area (Å²) in [5.41, 5.74) is 2.50. The number of piperidine rings is 1. The largest absolute Gasteiger partial charge is 0.497 e. The Morgan fingerprint density at radius 3 is 2.50 bits per heavy atom. The van der Waals surface area contributed by atoms with Crippen LogP contribution in [-0.2, 0) is 13.1 Å². The molecular formula is C29H31N3O4. The maximum Gasteiger partial charge on any atom is 0.259 e. The van der Waals surface area contributed by atoms with Gasteiger partial charge >= 0.3 is 0 Å². The van der Waals surface area contributed by atoms with Crippen molar-refractivity contribution in [2.24, 2.45) is 5.92 Å². The van der Waals surface area contributed by atoms with Gasteiger partial charge in [0.05, 0.1) is 7.11 Å². The first-order chi connectivity index (χ1) is 17.4.